The zero-order valence-corrected chi connectivity index (χ0v) is 12.1. The summed E-state index contributed by atoms with van der Waals surface area (Å²) in [5.41, 5.74) is 0. The first-order chi connectivity index (χ1) is 8.97. The molecule has 4 heteroatoms. The minimum Gasteiger partial charge on any atom is -0.465 e. The van der Waals surface area contributed by atoms with Gasteiger partial charge >= 0.3 is 11.9 Å². The number of hydrogen-bond acceptors (Lipinski definition) is 4. The van der Waals surface area contributed by atoms with Crippen LogP contribution >= 0.6 is 0 Å². The average Bonchev–Trinajstić information content (AvgIpc) is 2.38. The molecule has 4 unspecified atom stereocenters. The second-order valence-electron chi connectivity index (χ2n) is 6.31. The molecule has 4 nitrogen and oxygen atoms in total. The van der Waals surface area contributed by atoms with Crippen molar-refractivity contribution in [1.29, 1.82) is 0 Å². The fourth-order valence-electron chi connectivity index (χ4n) is 3.13. The van der Waals surface area contributed by atoms with Crippen LogP contribution in [0.5, 0.6) is 0 Å². The molecule has 0 radical (unpaired) electrons. The van der Waals surface area contributed by atoms with E-state index in [1.165, 1.54) is 0 Å². The van der Waals surface area contributed by atoms with E-state index >= 15 is 0 Å². The van der Waals surface area contributed by atoms with Gasteiger partial charge in [-0.15, -0.1) is 0 Å². The second-order valence-corrected chi connectivity index (χ2v) is 6.31. The van der Waals surface area contributed by atoms with Crippen LogP contribution in [0.3, 0.4) is 0 Å². The van der Waals surface area contributed by atoms with E-state index in [2.05, 4.69) is 20.8 Å². The number of hydrogen-bond donors (Lipinski definition) is 0. The Morgan fingerprint density at radius 2 is 1.84 bits per heavy atom. The fourth-order valence-corrected chi connectivity index (χ4v) is 3.13. The molecule has 0 amide bonds. The zero-order chi connectivity index (χ0) is 14.0. The Kier molecular flexibility index (Phi) is 4.48. The van der Waals surface area contributed by atoms with Gasteiger partial charge in [0.15, 0.2) is 0 Å². The van der Waals surface area contributed by atoms with Gasteiger partial charge < -0.3 is 9.47 Å². The van der Waals surface area contributed by atoms with Crippen LogP contribution in [-0.2, 0) is 19.1 Å². The van der Waals surface area contributed by atoms with Gasteiger partial charge in [-0.2, -0.15) is 0 Å². The van der Waals surface area contributed by atoms with Crippen LogP contribution < -0.4 is 0 Å². The lowest BCUT2D eigenvalue weighted by Crippen LogP contribution is -2.39. The molecule has 19 heavy (non-hydrogen) atoms. The molecule has 0 aliphatic carbocycles. The number of ether oxygens (including phenoxy) is 2. The summed E-state index contributed by atoms with van der Waals surface area (Å²) in [6, 6.07) is 0. The highest BCUT2D eigenvalue weighted by atomic mass is 16.5. The van der Waals surface area contributed by atoms with Crippen molar-refractivity contribution in [1.82, 2.24) is 0 Å². The lowest BCUT2D eigenvalue weighted by Gasteiger charge is -2.38. The molecule has 2 saturated heterocycles. The van der Waals surface area contributed by atoms with Crippen LogP contribution in [0.4, 0.5) is 0 Å². The molecule has 0 aromatic carbocycles. The highest BCUT2D eigenvalue weighted by Crippen LogP contribution is 2.37. The van der Waals surface area contributed by atoms with Crippen molar-refractivity contribution in [3.8, 4) is 0 Å². The summed E-state index contributed by atoms with van der Waals surface area (Å²) >= 11 is 0. The quantitative estimate of drug-likeness (QED) is 0.738. The smallest absolute Gasteiger partial charge is 0.306 e. The zero-order valence-electron chi connectivity index (χ0n) is 12.1. The third kappa shape index (κ3) is 3.48. The summed E-state index contributed by atoms with van der Waals surface area (Å²) in [6.07, 6.45) is 2.89. The SMILES string of the molecule is CC(C)C1CC(C(C)C2CCC(=O)OC2)CC(=O)O1. The monoisotopic (exact) mass is 268 g/mol. The van der Waals surface area contributed by atoms with Crippen molar-refractivity contribution in [3.63, 3.8) is 0 Å². The molecule has 4 atom stereocenters. The van der Waals surface area contributed by atoms with E-state index in [1.807, 2.05) is 0 Å². The molecule has 2 aliphatic heterocycles. The second kappa shape index (κ2) is 5.93. The first-order valence-corrected chi connectivity index (χ1v) is 7.32. The summed E-state index contributed by atoms with van der Waals surface area (Å²) in [4.78, 5) is 22.8. The van der Waals surface area contributed by atoms with Gasteiger partial charge in [-0.3, -0.25) is 9.59 Å². The fraction of sp³-hybridized carbons (Fsp3) is 0.867. The average molecular weight is 268 g/mol. The Morgan fingerprint density at radius 3 is 2.42 bits per heavy atom. The van der Waals surface area contributed by atoms with E-state index in [9.17, 15) is 9.59 Å². The number of carbonyl (C=O) groups excluding carboxylic acids is 2. The maximum Gasteiger partial charge on any atom is 0.306 e. The normalized spacial score (nSPS) is 33.8. The van der Waals surface area contributed by atoms with E-state index in [4.69, 9.17) is 9.47 Å². The third-order valence-corrected chi connectivity index (χ3v) is 4.66. The van der Waals surface area contributed by atoms with E-state index < -0.39 is 0 Å². The number of rotatable bonds is 3. The van der Waals surface area contributed by atoms with Crippen molar-refractivity contribution < 1.29 is 19.1 Å². The lowest BCUT2D eigenvalue weighted by atomic mass is 9.74. The van der Waals surface area contributed by atoms with Crippen molar-refractivity contribution in [2.75, 3.05) is 6.61 Å². The highest BCUT2D eigenvalue weighted by molar-refractivity contribution is 5.71. The molecule has 0 spiro atoms. The van der Waals surface area contributed by atoms with Crippen LogP contribution in [0.1, 0.15) is 46.5 Å². The summed E-state index contributed by atoms with van der Waals surface area (Å²) in [5.74, 6) is 1.35. The Hall–Kier alpha value is -1.06. The van der Waals surface area contributed by atoms with Gasteiger partial charge in [-0.1, -0.05) is 20.8 Å². The Labute approximate surface area is 114 Å². The molecule has 2 rings (SSSR count). The Balaban J connectivity index is 1.95. The molecule has 0 N–H and O–H groups in total. The number of carbonyl (C=O) groups is 2. The van der Waals surface area contributed by atoms with Crippen molar-refractivity contribution in [2.45, 2.75) is 52.6 Å². The van der Waals surface area contributed by atoms with Gasteiger partial charge in [0.2, 0.25) is 0 Å². The third-order valence-electron chi connectivity index (χ3n) is 4.66. The summed E-state index contributed by atoms with van der Waals surface area (Å²) < 4.78 is 10.6. The molecule has 0 aromatic rings. The summed E-state index contributed by atoms with van der Waals surface area (Å²) in [6.45, 7) is 6.88. The van der Waals surface area contributed by atoms with Gasteiger partial charge in [0.05, 0.1) is 6.61 Å². The minimum atomic E-state index is -0.0911. The summed E-state index contributed by atoms with van der Waals surface area (Å²) in [5, 5.41) is 0. The van der Waals surface area contributed by atoms with Gasteiger partial charge in [0.1, 0.15) is 6.10 Å². The topological polar surface area (TPSA) is 52.6 Å². The predicted octanol–water partition coefficient (Wildman–Crippen LogP) is 2.55. The van der Waals surface area contributed by atoms with Crippen LogP contribution in [0.25, 0.3) is 0 Å². The maximum absolute atomic E-state index is 11.7. The molecular formula is C15H24O4. The number of cyclic esters (lactones) is 2. The first kappa shape index (κ1) is 14.4. The maximum atomic E-state index is 11.7. The first-order valence-electron chi connectivity index (χ1n) is 7.32. The van der Waals surface area contributed by atoms with E-state index in [-0.39, 0.29) is 18.0 Å². The van der Waals surface area contributed by atoms with Gasteiger partial charge in [0, 0.05) is 12.8 Å². The molecule has 108 valence electrons. The number of esters is 2. The van der Waals surface area contributed by atoms with Crippen molar-refractivity contribution >= 4 is 11.9 Å². The van der Waals surface area contributed by atoms with Crippen LogP contribution in [-0.4, -0.2) is 24.6 Å². The predicted molar refractivity (Wildman–Crippen MR) is 70.3 cm³/mol. The van der Waals surface area contributed by atoms with Crippen LogP contribution in [0, 0.1) is 23.7 Å². The standard InChI is InChI=1S/C15H24O4/c1-9(2)13-6-12(7-15(17)19-13)10(3)11-4-5-14(16)18-8-11/h9-13H,4-8H2,1-3H3. The van der Waals surface area contributed by atoms with E-state index in [0.717, 1.165) is 12.8 Å². The van der Waals surface area contributed by atoms with Crippen LogP contribution in [0.2, 0.25) is 0 Å². The van der Waals surface area contributed by atoms with Crippen molar-refractivity contribution in [3.05, 3.63) is 0 Å². The van der Waals surface area contributed by atoms with Gasteiger partial charge in [0.25, 0.3) is 0 Å². The largest absolute Gasteiger partial charge is 0.465 e. The van der Waals surface area contributed by atoms with Crippen molar-refractivity contribution in [2.24, 2.45) is 23.7 Å². The highest BCUT2D eigenvalue weighted by Gasteiger charge is 2.37. The Bertz CT molecular complexity index is 340. The summed E-state index contributed by atoms with van der Waals surface area (Å²) in [7, 11) is 0. The molecular weight excluding hydrogens is 244 g/mol. The Morgan fingerprint density at radius 1 is 1.11 bits per heavy atom. The molecule has 2 aliphatic rings. The molecule has 0 aromatic heterocycles. The molecule has 2 fully saturated rings. The molecule has 2 heterocycles. The lowest BCUT2D eigenvalue weighted by molar-refractivity contribution is -0.164. The van der Waals surface area contributed by atoms with E-state index in [0.29, 0.717) is 43.1 Å². The van der Waals surface area contributed by atoms with Gasteiger partial charge in [-0.25, -0.2) is 0 Å². The van der Waals surface area contributed by atoms with E-state index in [1.54, 1.807) is 0 Å². The van der Waals surface area contributed by atoms with Gasteiger partial charge in [-0.05, 0) is 36.5 Å². The van der Waals surface area contributed by atoms with Crippen LogP contribution in [0.15, 0.2) is 0 Å². The molecule has 0 saturated carbocycles. The molecule has 0 bridgehead atoms. The minimum absolute atomic E-state index is 0.0415.